The van der Waals surface area contributed by atoms with E-state index in [1.54, 1.807) is 18.1 Å². The Morgan fingerprint density at radius 1 is 1.05 bits per heavy atom. The van der Waals surface area contributed by atoms with E-state index in [0.717, 1.165) is 30.3 Å². The molecule has 330 valence electrons. The summed E-state index contributed by atoms with van der Waals surface area (Å²) in [6, 6.07) is 8.39. The molecule has 1 N–H and O–H groups in total. The highest BCUT2D eigenvalue weighted by Gasteiger charge is 2.54. The van der Waals surface area contributed by atoms with Gasteiger partial charge in [-0.05, 0) is 79.4 Å². The van der Waals surface area contributed by atoms with Gasteiger partial charge >= 0.3 is 12.1 Å². The summed E-state index contributed by atoms with van der Waals surface area (Å²) < 4.78 is 57.5. The maximum absolute atomic E-state index is 18.1. The van der Waals surface area contributed by atoms with E-state index in [2.05, 4.69) is 62.8 Å². The molecule has 4 unspecified atom stereocenters. The van der Waals surface area contributed by atoms with Crippen LogP contribution < -0.4 is 19.1 Å². The van der Waals surface area contributed by atoms with Crippen LogP contribution >= 0.6 is 0 Å². The van der Waals surface area contributed by atoms with Crippen molar-refractivity contribution >= 4 is 41.7 Å². The average molecular weight is 869 g/mol. The number of carbonyl (C=O) groups is 1. The van der Waals surface area contributed by atoms with Gasteiger partial charge in [0.1, 0.15) is 55.1 Å². The first-order chi connectivity index (χ1) is 29.7. The van der Waals surface area contributed by atoms with Gasteiger partial charge in [0, 0.05) is 43.1 Å². The summed E-state index contributed by atoms with van der Waals surface area (Å²) in [4.78, 5) is 33.2. The zero-order valence-electron chi connectivity index (χ0n) is 37.0. The molecule has 0 saturated carbocycles. The summed E-state index contributed by atoms with van der Waals surface area (Å²) in [6.45, 7) is 17.2. The highest BCUT2D eigenvalue weighted by atomic mass is 28.3. The van der Waals surface area contributed by atoms with Crippen molar-refractivity contribution in [3.63, 3.8) is 0 Å². The second-order valence-electron chi connectivity index (χ2n) is 19.0. The minimum Gasteiger partial charge on any atom is -0.472 e. The third kappa shape index (κ3) is 6.82. The molecule has 2 aromatic heterocycles. The van der Waals surface area contributed by atoms with Crippen molar-refractivity contribution in [2.45, 2.75) is 133 Å². The topological polar surface area (TPSA) is 123 Å². The molecule has 5 aliphatic rings. The number of methoxy groups -OCH3 is 1. The predicted octanol–water partition coefficient (Wildman–Crippen LogP) is 8.97. The van der Waals surface area contributed by atoms with Gasteiger partial charge in [0.2, 0.25) is 5.88 Å². The number of halogens is 2. The van der Waals surface area contributed by atoms with E-state index in [0.29, 0.717) is 76.9 Å². The van der Waals surface area contributed by atoms with E-state index in [9.17, 15) is 14.3 Å². The van der Waals surface area contributed by atoms with Crippen LogP contribution in [0.4, 0.5) is 19.4 Å². The Morgan fingerprint density at radius 2 is 1.82 bits per heavy atom. The summed E-state index contributed by atoms with van der Waals surface area (Å²) in [5, 5.41) is 12.1. The minimum absolute atomic E-state index is 0.0114. The molecule has 9 rings (SSSR count). The highest BCUT2D eigenvalue weighted by molar-refractivity contribution is 6.90. The van der Waals surface area contributed by atoms with E-state index in [4.69, 9.17) is 33.9 Å². The molecular formula is C47H58F2N6O6Si. The Bertz CT molecular complexity index is 2460. The molecule has 6 atom stereocenters. The van der Waals surface area contributed by atoms with Gasteiger partial charge in [0.05, 0.1) is 23.7 Å². The van der Waals surface area contributed by atoms with Crippen LogP contribution in [0.5, 0.6) is 17.6 Å². The predicted molar refractivity (Wildman–Crippen MR) is 237 cm³/mol. The lowest BCUT2D eigenvalue weighted by Crippen LogP contribution is -2.64. The number of pyridine rings is 1. The van der Waals surface area contributed by atoms with Crippen LogP contribution in [0.1, 0.15) is 86.1 Å². The zero-order chi connectivity index (χ0) is 43.8. The molecule has 1 amide bonds. The van der Waals surface area contributed by atoms with E-state index in [-0.39, 0.29) is 42.5 Å². The first kappa shape index (κ1) is 42.5. The fraction of sp³-hybridized carbons (Fsp3) is 0.574. The van der Waals surface area contributed by atoms with Crippen molar-refractivity contribution < 1.29 is 37.6 Å². The van der Waals surface area contributed by atoms with Crippen LogP contribution in [0.2, 0.25) is 16.6 Å². The number of anilines is 1. The molecule has 4 fully saturated rings. The summed E-state index contributed by atoms with van der Waals surface area (Å²) in [5.41, 5.74) is 5.72. The molecule has 4 aromatic rings. The second-order valence-corrected chi connectivity index (χ2v) is 24.6. The number of piperazine rings is 1. The third-order valence-electron chi connectivity index (χ3n) is 14.8. The molecule has 0 spiro atoms. The SMILES string of the molecule is COCOc1cc(-c2nc3c4c(nc(OC[C@@]56CCCN5C[C@H](F)C6)nc4c2F)N2CC4CCC(C2C(C)O3)N4C(=O)O)c2c(C#C[Si](C(C)C)(C(C)C)C(C)C)cccc2c1. The number of nitrogens with zero attached hydrogens (tertiary/aromatic N) is 6. The summed E-state index contributed by atoms with van der Waals surface area (Å²) >= 11 is 0. The summed E-state index contributed by atoms with van der Waals surface area (Å²) in [6.07, 6.45) is 0.890. The van der Waals surface area contributed by atoms with Crippen LogP contribution in [-0.4, -0.2) is 120 Å². The standard InChI is InChI=1S/C47H58F2N6O6Si/c1-26(2)62(27(3)4,28(5)6)18-15-30-11-9-12-31-19-34(60-25-58-8)20-35(37(30)31)40-39(49)41-38-43(52-45(51-41)59-24-47-16-10-17-53(47)22-32(48)21-47)54-23-33-13-14-36(55(33)46(56)57)42(54)29(7)61-44(38)50-40/h9,11-12,19-20,26-29,32-33,36,42H,10,13-14,16-17,21-25H2,1-8H3,(H,56,57)/t29?,32-,33?,36?,42?,47+/m1/s1. The minimum atomic E-state index is -2.18. The Hall–Kier alpha value is -4.78. The number of amides is 1. The Kier molecular flexibility index (Phi) is 11.0. The van der Waals surface area contributed by atoms with Gasteiger partial charge in [0.25, 0.3) is 0 Å². The molecular weight excluding hydrogens is 811 g/mol. The maximum Gasteiger partial charge on any atom is 0.407 e. The summed E-state index contributed by atoms with van der Waals surface area (Å²) in [7, 11) is -0.637. The van der Waals surface area contributed by atoms with Crippen LogP contribution in [-0.2, 0) is 4.74 Å². The third-order valence-corrected chi connectivity index (χ3v) is 21.0. The molecule has 2 bridgehead atoms. The molecule has 0 radical (unpaired) electrons. The largest absolute Gasteiger partial charge is 0.472 e. The van der Waals surface area contributed by atoms with Crippen LogP contribution in [0, 0.1) is 17.3 Å². The van der Waals surface area contributed by atoms with Gasteiger partial charge in [-0.2, -0.15) is 9.97 Å². The Labute approximate surface area is 363 Å². The number of carboxylic acid groups (broad SMARTS) is 1. The summed E-state index contributed by atoms with van der Waals surface area (Å²) in [5.74, 6) is 3.91. The van der Waals surface area contributed by atoms with Crippen molar-refractivity contribution in [2.75, 3.05) is 45.0 Å². The van der Waals surface area contributed by atoms with E-state index in [1.807, 2.05) is 31.2 Å². The fourth-order valence-electron chi connectivity index (χ4n) is 12.1. The number of alkyl halides is 1. The van der Waals surface area contributed by atoms with E-state index >= 15 is 4.39 Å². The lowest BCUT2D eigenvalue weighted by molar-refractivity contribution is 0.0512. The smallest absolute Gasteiger partial charge is 0.407 e. The number of hydrogen-bond acceptors (Lipinski definition) is 10. The van der Waals surface area contributed by atoms with Crippen molar-refractivity contribution in [1.82, 2.24) is 24.8 Å². The maximum atomic E-state index is 18.1. The van der Waals surface area contributed by atoms with E-state index in [1.165, 1.54) is 0 Å². The van der Waals surface area contributed by atoms with Gasteiger partial charge in [0.15, 0.2) is 12.6 Å². The molecule has 5 aliphatic heterocycles. The molecule has 7 heterocycles. The normalized spacial score (nSPS) is 25.6. The molecule has 2 aromatic carbocycles. The van der Waals surface area contributed by atoms with Gasteiger partial charge in [-0.25, -0.2) is 18.6 Å². The quantitative estimate of drug-likeness (QED) is 0.0934. The molecule has 12 nitrogen and oxygen atoms in total. The number of fused-ring (bicyclic) bond motifs is 7. The van der Waals surface area contributed by atoms with E-state index < -0.39 is 49.9 Å². The first-order valence-corrected chi connectivity index (χ1v) is 24.5. The van der Waals surface area contributed by atoms with Crippen molar-refractivity contribution in [3.8, 4) is 40.4 Å². The average Bonchev–Trinajstić information content (AvgIpc) is 3.84. The number of hydrogen-bond donors (Lipinski definition) is 1. The number of rotatable bonds is 10. The van der Waals surface area contributed by atoms with Gasteiger partial charge in [-0.3, -0.25) is 9.80 Å². The Morgan fingerprint density at radius 3 is 2.55 bits per heavy atom. The Balaban J connectivity index is 1.27. The monoisotopic (exact) mass is 868 g/mol. The molecule has 4 saturated heterocycles. The lowest BCUT2D eigenvalue weighted by Gasteiger charge is -2.47. The van der Waals surface area contributed by atoms with Crippen LogP contribution in [0.3, 0.4) is 0 Å². The van der Waals surface area contributed by atoms with Crippen molar-refractivity contribution in [1.29, 1.82) is 0 Å². The van der Waals surface area contributed by atoms with Gasteiger partial charge in [-0.15, -0.1) is 5.54 Å². The molecule has 62 heavy (non-hydrogen) atoms. The second kappa shape index (κ2) is 16.1. The fourth-order valence-corrected chi connectivity index (χ4v) is 17.3. The molecule has 0 aliphatic carbocycles. The van der Waals surface area contributed by atoms with Crippen molar-refractivity contribution in [3.05, 3.63) is 41.7 Å². The first-order valence-electron chi connectivity index (χ1n) is 22.3. The number of ether oxygens (including phenoxy) is 4. The lowest BCUT2D eigenvalue weighted by atomic mass is 9.95. The number of aromatic nitrogens is 3. The highest BCUT2D eigenvalue weighted by Crippen LogP contribution is 2.48. The van der Waals surface area contributed by atoms with Crippen molar-refractivity contribution in [2.24, 2.45) is 0 Å². The molecule has 15 heteroatoms. The van der Waals surface area contributed by atoms with Crippen LogP contribution in [0.25, 0.3) is 32.9 Å². The van der Waals surface area contributed by atoms with Gasteiger partial charge < -0.3 is 29.0 Å². The zero-order valence-corrected chi connectivity index (χ0v) is 38.0. The van der Waals surface area contributed by atoms with Gasteiger partial charge in [-0.1, -0.05) is 59.6 Å². The number of benzene rings is 2. The van der Waals surface area contributed by atoms with Crippen LogP contribution in [0.15, 0.2) is 30.3 Å².